The number of cyclic esters (lactones) is 1. The standard InChI is InChI=1S/C54H57N3O13/c1-65-32-33-69-53(64)56-42-27-22-35(16-15-21-40(49(60)66-2)50(61)67-3)34-41(42)54(52(56)63)43(48(59)55-28-13-5-4-6-14-29-55)45-51(62)70-46(37-19-11-8-12-20-37)44(36-17-9-7-10-18-36)57(45)47(54)38-23-25-39(26-24-38)68-31-30-58/h7-12,17-20,22-27,34,40,43-47,58H,4-6,13-14,21,28-33H2,1-3H3/t43-,44-,45-,46+,47+,54-/m1/s1. The van der Waals surface area contributed by atoms with Crippen LogP contribution in [0.1, 0.15) is 84.5 Å². The Hall–Kier alpha value is -7.06. The Morgan fingerprint density at radius 2 is 1.40 bits per heavy atom. The van der Waals surface area contributed by atoms with Crippen LogP contribution in [0.2, 0.25) is 0 Å². The van der Waals surface area contributed by atoms with Gasteiger partial charge in [0.25, 0.3) is 0 Å². The highest BCUT2D eigenvalue weighted by molar-refractivity contribution is 6.23. The third kappa shape index (κ3) is 9.36. The van der Waals surface area contributed by atoms with Crippen molar-refractivity contribution in [1.82, 2.24) is 9.80 Å². The van der Waals surface area contributed by atoms with Crippen molar-refractivity contribution < 1.29 is 62.3 Å². The Kier molecular flexibility index (Phi) is 15.6. The summed E-state index contributed by atoms with van der Waals surface area (Å²) in [7, 11) is 3.76. The van der Waals surface area contributed by atoms with E-state index in [1.165, 1.54) is 7.11 Å². The number of esters is 3. The van der Waals surface area contributed by atoms with Crippen LogP contribution in [-0.4, -0.2) is 118 Å². The SMILES string of the molecule is COCCOC(=O)N1C(=O)[C@@]2(c3cc(C#CCC(C(=O)OC)C(=O)OC)ccc31)[C@H](c1ccc(OCCO)cc1)N1[C@H](c3ccccc3)[C@H](c3ccccc3)OC(=O)[C@H]1[C@@H]2C(=O)N1CCCCCCC1. The second-order valence-corrected chi connectivity index (χ2v) is 17.6. The van der Waals surface area contributed by atoms with Gasteiger partial charge in [0.05, 0.1) is 51.1 Å². The predicted octanol–water partition coefficient (Wildman–Crippen LogP) is 6.00. The average molecular weight is 956 g/mol. The molecule has 8 rings (SSSR count). The Labute approximate surface area is 406 Å². The molecule has 0 bridgehead atoms. The molecular weight excluding hydrogens is 899 g/mol. The fraction of sp³-hybridized carbons (Fsp3) is 0.407. The normalized spacial score (nSPS) is 23.0. The molecule has 3 fully saturated rings. The molecule has 1 N–H and O–H groups in total. The van der Waals surface area contributed by atoms with Gasteiger partial charge in [0.2, 0.25) is 11.8 Å². The minimum absolute atomic E-state index is 0.0177. The van der Waals surface area contributed by atoms with E-state index in [2.05, 4.69) is 11.8 Å². The number of benzene rings is 4. The number of amides is 3. The van der Waals surface area contributed by atoms with Gasteiger partial charge in [-0.25, -0.2) is 9.69 Å². The molecule has 0 radical (unpaired) electrons. The number of imide groups is 1. The number of likely N-dealkylation sites (tertiary alicyclic amines) is 1. The third-order valence-corrected chi connectivity index (χ3v) is 13.7. The third-order valence-electron chi connectivity index (χ3n) is 13.7. The van der Waals surface area contributed by atoms with E-state index in [0.29, 0.717) is 48.4 Å². The molecule has 4 aliphatic heterocycles. The number of carbonyl (C=O) groups is 6. The van der Waals surface area contributed by atoms with Crippen molar-refractivity contribution >= 4 is 41.5 Å². The second kappa shape index (κ2) is 22.1. The van der Waals surface area contributed by atoms with Crippen molar-refractivity contribution in [3.05, 3.63) is 131 Å². The number of aliphatic hydroxyl groups is 1. The van der Waals surface area contributed by atoms with Crippen LogP contribution in [-0.2, 0) is 53.1 Å². The number of morpholine rings is 1. The van der Waals surface area contributed by atoms with Crippen molar-refractivity contribution in [2.24, 2.45) is 11.8 Å². The summed E-state index contributed by atoms with van der Waals surface area (Å²) < 4.78 is 33.0. The molecular formula is C54H57N3O13. The molecule has 16 heteroatoms. The number of aliphatic hydroxyl groups excluding tert-OH is 1. The quantitative estimate of drug-likeness (QED) is 0.0540. The van der Waals surface area contributed by atoms with Crippen LogP contribution >= 0.6 is 0 Å². The number of fused-ring (bicyclic) bond motifs is 3. The number of anilines is 1. The summed E-state index contributed by atoms with van der Waals surface area (Å²) in [4.78, 5) is 92.6. The molecule has 0 aromatic heterocycles. The Balaban J connectivity index is 1.44. The van der Waals surface area contributed by atoms with E-state index in [4.69, 9.17) is 28.4 Å². The van der Waals surface area contributed by atoms with Gasteiger partial charge >= 0.3 is 24.0 Å². The van der Waals surface area contributed by atoms with Crippen molar-refractivity contribution in [3.8, 4) is 17.6 Å². The minimum Gasteiger partial charge on any atom is -0.491 e. The summed E-state index contributed by atoms with van der Waals surface area (Å²) in [5.74, 6) is -0.106. The van der Waals surface area contributed by atoms with Crippen LogP contribution in [0.4, 0.5) is 10.5 Å². The number of ether oxygens (including phenoxy) is 6. The van der Waals surface area contributed by atoms with E-state index in [1.54, 1.807) is 47.4 Å². The van der Waals surface area contributed by atoms with Crippen molar-refractivity contribution in [2.75, 3.05) is 65.7 Å². The van der Waals surface area contributed by atoms with Crippen LogP contribution < -0.4 is 9.64 Å². The maximum atomic E-state index is 16.5. The number of hydrogen-bond acceptors (Lipinski definition) is 14. The predicted molar refractivity (Wildman–Crippen MR) is 253 cm³/mol. The summed E-state index contributed by atoms with van der Waals surface area (Å²) in [6, 6.07) is 27.1. The number of carbonyl (C=O) groups excluding carboxylic acids is 6. The Morgan fingerprint density at radius 1 is 0.757 bits per heavy atom. The molecule has 4 heterocycles. The Morgan fingerprint density at radius 3 is 2.03 bits per heavy atom. The highest BCUT2D eigenvalue weighted by Crippen LogP contribution is 2.66. The number of hydrogen-bond donors (Lipinski definition) is 1. The largest absolute Gasteiger partial charge is 0.491 e. The van der Waals surface area contributed by atoms with Crippen LogP contribution in [0.25, 0.3) is 0 Å². The maximum Gasteiger partial charge on any atom is 0.421 e. The zero-order valence-electron chi connectivity index (χ0n) is 39.5. The molecule has 366 valence electrons. The van der Waals surface area contributed by atoms with Crippen molar-refractivity contribution in [2.45, 2.75) is 68.2 Å². The molecule has 3 saturated heterocycles. The van der Waals surface area contributed by atoms with Crippen LogP contribution in [0.5, 0.6) is 5.75 Å². The summed E-state index contributed by atoms with van der Waals surface area (Å²) in [6.07, 6.45) is 1.95. The first-order chi connectivity index (χ1) is 34.1. The molecule has 0 unspecified atom stereocenters. The number of methoxy groups -OCH3 is 3. The maximum absolute atomic E-state index is 16.5. The molecule has 0 aliphatic carbocycles. The first-order valence-electron chi connectivity index (χ1n) is 23.6. The zero-order chi connectivity index (χ0) is 49.4. The molecule has 4 aromatic rings. The van der Waals surface area contributed by atoms with E-state index in [-0.39, 0.29) is 44.1 Å². The number of nitrogens with zero attached hydrogens (tertiary/aromatic N) is 3. The molecule has 1 spiro atoms. The lowest BCUT2D eigenvalue weighted by Gasteiger charge is -2.46. The van der Waals surface area contributed by atoms with Gasteiger partial charge in [-0.2, -0.15) is 0 Å². The summed E-state index contributed by atoms with van der Waals surface area (Å²) >= 11 is 0. The summed E-state index contributed by atoms with van der Waals surface area (Å²) in [6.45, 7) is 0.370. The zero-order valence-corrected chi connectivity index (χ0v) is 39.5. The molecule has 70 heavy (non-hydrogen) atoms. The molecule has 3 amide bonds. The lowest BCUT2D eigenvalue weighted by molar-refractivity contribution is -0.179. The average Bonchev–Trinajstić information content (AvgIpc) is 3.83. The summed E-state index contributed by atoms with van der Waals surface area (Å²) in [5.41, 5.74) is 0.516. The van der Waals surface area contributed by atoms with Gasteiger partial charge in [0.15, 0.2) is 5.92 Å². The van der Waals surface area contributed by atoms with Gasteiger partial charge in [0, 0.05) is 32.2 Å². The Bertz CT molecular complexity index is 2590. The smallest absolute Gasteiger partial charge is 0.421 e. The fourth-order valence-electron chi connectivity index (χ4n) is 10.6. The van der Waals surface area contributed by atoms with Gasteiger partial charge in [-0.15, -0.1) is 0 Å². The van der Waals surface area contributed by atoms with Gasteiger partial charge in [0.1, 0.15) is 36.5 Å². The van der Waals surface area contributed by atoms with Gasteiger partial charge < -0.3 is 38.4 Å². The molecule has 6 atom stereocenters. The summed E-state index contributed by atoms with van der Waals surface area (Å²) in [5, 5.41) is 9.61. The fourth-order valence-corrected chi connectivity index (χ4v) is 10.6. The van der Waals surface area contributed by atoms with Crippen LogP contribution in [0, 0.1) is 23.7 Å². The highest BCUT2D eigenvalue weighted by Gasteiger charge is 2.76. The van der Waals surface area contributed by atoms with E-state index in [9.17, 15) is 19.5 Å². The van der Waals surface area contributed by atoms with Crippen LogP contribution in [0.3, 0.4) is 0 Å². The lowest BCUT2D eigenvalue weighted by atomic mass is 9.64. The molecule has 4 aromatic carbocycles. The van der Waals surface area contributed by atoms with E-state index in [0.717, 1.165) is 43.9 Å². The van der Waals surface area contributed by atoms with Gasteiger partial charge in [-0.3, -0.25) is 28.9 Å². The first-order valence-corrected chi connectivity index (χ1v) is 23.6. The van der Waals surface area contributed by atoms with E-state index < -0.39 is 77.3 Å². The topological polar surface area (TPSA) is 188 Å². The van der Waals surface area contributed by atoms with Gasteiger partial charge in [-0.05, 0) is 65.4 Å². The monoisotopic (exact) mass is 955 g/mol. The lowest BCUT2D eigenvalue weighted by Crippen LogP contribution is -2.56. The number of rotatable bonds is 13. The van der Waals surface area contributed by atoms with E-state index in [1.807, 2.05) is 65.6 Å². The van der Waals surface area contributed by atoms with Crippen molar-refractivity contribution in [3.63, 3.8) is 0 Å². The molecule has 0 saturated carbocycles. The highest BCUT2D eigenvalue weighted by atomic mass is 16.6. The van der Waals surface area contributed by atoms with E-state index >= 15 is 14.4 Å². The first kappa shape index (κ1) is 49.4. The molecule has 4 aliphatic rings. The molecule has 16 nitrogen and oxygen atoms in total. The van der Waals surface area contributed by atoms with Crippen LogP contribution in [0.15, 0.2) is 103 Å². The van der Waals surface area contributed by atoms with Crippen molar-refractivity contribution in [1.29, 1.82) is 0 Å². The second-order valence-electron chi connectivity index (χ2n) is 17.6. The minimum atomic E-state index is -2.07. The van der Waals surface area contributed by atoms with Gasteiger partial charge in [-0.1, -0.05) is 104 Å².